The van der Waals surface area contributed by atoms with Gasteiger partial charge in [0.05, 0.1) is 6.42 Å². The number of carbonyl (C=O) groups is 1. The molecule has 0 saturated carbocycles. The fourth-order valence-corrected chi connectivity index (χ4v) is 3.45. The molecule has 20 heavy (non-hydrogen) atoms. The van der Waals surface area contributed by atoms with Gasteiger partial charge in [-0.2, -0.15) is 4.31 Å². The number of aromatic nitrogens is 1. The molecule has 1 aromatic heterocycles. The van der Waals surface area contributed by atoms with Crippen LogP contribution in [0.5, 0.6) is 0 Å². The quantitative estimate of drug-likeness (QED) is 0.890. The molecule has 6 nitrogen and oxygen atoms in total. The van der Waals surface area contributed by atoms with Gasteiger partial charge in [0.1, 0.15) is 0 Å². The number of pyridine rings is 1. The van der Waals surface area contributed by atoms with E-state index in [9.17, 15) is 17.6 Å². The van der Waals surface area contributed by atoms with Crippen molar-refractivity contribution in [2.45, 2.75) is 37.8 Å². The Labute approximate surface area is 117 Å². The molecule has 0 aromatic carbocycles. The average molecular weight is 304 g/mol. The zero-order valence-corrected chi connectivity index (χ0v) is 12.3. The Hall–Kier alpha value is -1.54. The molecule has 0 saturated heterocycles. The molecule has 0 atom stereocenters. The van der Waals surface area contributed by atoms with Gasteiger partial charge < -0.3 is 5.11 Å². The third-order valence-corrected chi connectivity index (χ3v) is 4.64. The molecule has 0 spiro atoms. The number of carboxylic acids is 1. The average Bonchev–Trinajstić information content (AvgIpc) is 2.26. The molecule has 1 aromatic rings. The number of carboxylic acid groups (broad SMARTS) is 1. The summed E-state index contributed by atoms with van der Waals surface area (Å²) in [6.45, 7) is 4.56. The van der Waals surface area contributed by atoms with E-state index in [0.29, 0.717) is 0 Å². The predicted molar refractivity (Wildman–Crippen MR) is 70.1 cm³/mol. The number of hydrogen-bond acceptors (Lipinski definition) is 4. The summed E-state index contributed by atoms with van der Waals surface area (Å²) in [6.07, 6.45) is 0.805. The minimum absolute atomic E-state index is 0.253. The van der Waals surface area contributed by atoms with E-state index in [4.69, 9.17) is 5.11 Å². The second kappa shape index (κ2) is 5.84. The molecule has 1 N–H and O–H groups in total. The van der Waals surface area contributed by atoms with Gasteiger partial charge in [0, 0.05) is 18.3 Å². The van der Waals surface area contributed by atoms with E-state index in [2.05, 4.69) is 4.98 Å². The van der Waals surface area contributed by atoms with Crippen molar-refractivity contribution >= 4 is 16.0 Å². The van der Waals surface area contributed by atoms with Gasteiger partial charge in [0.2, 0.25) is 5.03 Å². The van der Waals surface area contributed by atoms with Crippen LogP contribution in [0.25, 0.3) is 0 Å². The molecule has 112 valence electrons. The van der Waals surface area contributed by atoms with Gasteiger partial charge in [-0.15, -0.1) is 0 Å². The first-order valence-electron chi connectivity index (χ1n) is 5.92. The Kier molecular flexibility index (Phi) is 4.82. The van der Waals surface area contributed by atoms with Crippen LogP contribution in [0.2, 0.25) is 0 Å². The van der Waals surface area contributed by atoms with E-state index >= 15 is 0 Å². The van der Waals surface area contributed by atoms with Crippen LogP contribution in [0.15, 0.2) is 23.4 Å². The summed E-state index contributed by atoms with van der Waals surface area (Å²) in [5.41, 5.74) is -0.891. The Bertz CT molecular complexity index is 596. The lowest BCUT2D eigenvalue weighted by atomic mass is 10.1. The third kappa shape index (κ3) is 3.73. The highest BCUT2D eigenvalue weighted by molar-refractivity contribution is 7.89. The predicted octanol–water partition coefficient (Wildman–Crippen LogP) is 1.48. The van der Waals surface area contributed by atoms with E-state index in [-0.39, 0.29) is 13.0 Å². The topological polar surface area (TPSA) is 87.6 Å². The van der Waals surface area contributed by atoms with Crippen LogP contribution >= 0.6 is 0 Å². The number of halogens is 1. The molecule has 1 heterocycles. The van der Waals surface area contributed by atoms with E-state index in [1.807, 2.05) is 0 Å². The van der Waals surface area contributed by atoms with Crippen molar-refractivity contribution < 1.29 is 22.7 Å². The standard InChI is InChI=1S/C12H17FN2O4S/c1-12(2,3)15(8-6-10(16)17)20(18,19)11-9(13)5-4-7-14-11/h4-5,7H,6,8H2,1-3H3,(H,16,17). The lowest BCUT2D eigenvalue weighted by Crippen LogP contribution is -2.47. The summed E-state index contributed by atoms with van der Waals surface area (Å²) < 4.78 is 39.5. The van der Waals surface area contributed by atoms with Crippen molar-refractivity contribution in [2.24, 2.45) is 0 Å². The van der Waals surface area contributed by atoms with Crippen LogP contribution in [-0.4, -0.2) is 40.9 Å². The Morgan fingerprint density at radius 3 is 2.50 bits per heavy atom. The number of nitrogens with zero attached hydrogens (tertiary/aromatic N) is 2. The van der Waals surface area contributed by atoms with E-state index in [1.165, 1.54) is 12.3 Å². The van der Waals surface area contributed by atoms with Crippen molar-refractivity contribution in [3.05, 3.63) is 24.1 Å². The van der Waals surface area contributed by atoms with Crippen LogP contribution in [0, 0.1) is 5.82 Å². The van der Waals surface area contributed by atoms with Crippen LogP contribution < -0.4 is 0 Å². The first-order valence-corrected chi connectivity index (χ1v) is 7.36. The third-order valence-electron chi connectivity index (χ3n) is 2.54. The summed E-state index contributed by atoms with van der Waals surface area (Å²) in [4.78, 5) is 14.2. The molecular formula is C12H17FN2O4S. The first-order chi connectivity index (χ1) is 9.06. The summed E-state index contributed by atoms with van der Waals surface area (Å²) >= 11 is 0. The zero-order chi connectivity index (χ0) is 15.6. The van der Waals surface area contributed by atoms with Crippen molar-refractivity contribution in [3.63, 3.8) is 0 Å². The molecule has 0 bridgehead atoms. The summed E-state index contributed by atoms with van der Waals surface area (Å²) in [6, 6.07) is 2.28. The second-order valence-electron chi connectivity index (χ2n) is 5.18. The Morgan fingerprint density at radius 2 is 2.05 bits per heavy atom. The van der Waals surface area contributed by atoms with Crippen LogP contribution in [-0.2, 0) is 14.8 Å². The lowest BCUT2D eigenvalue weighted by Gasteiger charge is -2.33. The molecule has 0 aliphatic rings. The van der Waals surface area contributed by atoms with Crippen LogP contribution in [0.4, 0.5) is 4.39 Å². The highest BCUT2D eigenvalue weighted by Crippen LogP contribution is 2.24. The fourth-order valence-electron chi connectivity index (χ4n) is 1.68. The van der Waals surface area contributed by atoms with Gasteiger partial charge >= 0.3 is 5.97 Å². The SMILES string of the molecule is CC(C)(C)N(CCC(=O)O)S(=O)(=O)c1ncccc1F. The molecule has 1 rings (SSSR count). The van der Waals surface area contributed by atoms with Gasteiger partial charge in [0.15, 0.2) is 5.82 Å². The van der Waals surface area contributed by atoms with Crippen molar-refractivity contribution in [1.29, 1.82) is 0 Å². The van der Waals surface area contributed by atoms with E-state index < -0.39 is 32.4 Å². The van der Waals surface area contributed by atoms with E-state index in [1.54, 1.807) is 20.8 Å². The Morgan fingerprint density at radius 1 is 1.45 bits per heavy atom. The maximum absolute atomic E-state index is 13.6. The summed E-state index contributed by atoms with van der Waals surface area (Å²) in [7, 11) is -4.20. The van der Waals surface area contributed by atoms with Gasteiger partial charge in [-0.05, 0) is 32.9 Å². The Balaban J connectivity index is 3.25. The van der Waals surface area contributed by atoms with Crippen molar-refractivity contribution in [1.82, 2.24) is 9.29 Å². The molecular weight excluding hydrogens is 287 g/mol. The van der Waals surface area contributed by atoms with Gasteiger partial charge in [-0.3, -0.25) is 4.79 Å². The van der Waals surface area contributed by atoms with Gasteiger partial charge in [0.25, 0.3) is 10.0 Å². The molecule has 8 heteroatoms. The normalized spacial score (nSPS) is 12.7. The highest BCUT2D eigenvalue weighted by atomic mass is 32.2. The van der Waals surface area contributed by atoms with E-state index in [0.717, 1.165) is 10.4 Å². The van der Waals surface area contributed by atoms with Crippen molar-refractivity contribution in [2.75, 3.05) is 6.54 Å². The maximum Gasteiger partial charge on any atom is 0.304 e. The number of hydrogen-bond donors (Lipinski definition) is 1. The summed E-state index contributed by atoms with van der Waals surface area (Å²) in [5, 5.41) is 8.01. The molecule has 0 radical (unpaired) electrons. The number of sulfonamides is 1. The number of rotatable bonds is 5. The van der Waals surface area contributed by atoms with Crippen LogP contribution in [0.1, 0.15) is 27.2 Å². The number of aliphatic carboxylic acids is 1. The van der Waals surface area contributed by atoms with Gasteiger partial charge in [-0.1, -0.05) is 0 Å². The monoisotopic (exact) mass is 304 g/mol. The molecule has 0 aliphatic carbocycles. The smallest absolute Gasteiger partial charge is 0.304 e. The lowest BCUT2D eigenvalue weighted by molar-refractivity contribution is -0.137. The van der Waals surface area contributed by atoms with Gasteiger partial charge in [-0.25, -0.2) is 17.8 Å². The largest absolute Gasteiger partial charge is 0.481 e. The minimum atomic E-state index is -4.20. The molecule has 0 unspecified atom stereocenters. The summed E-state index contributed by atoms with van der Waals surface area (Å²) in [5.74, 6) is -2.09. The molecule has 0 fully saturated rings. The first kappa shape index (κ1) is 16.5. The zero-order valence-electron chi connectivity index (χ0n) is 11.5. The molecule has 0 amide bonds. The van der Waals surface area contributed by atoms with Crippen LogP contribution in [0.3, 0.4) is 0 Å². The molecule has 0 aliphatic heterocycles. The fraction of sp³-hybridized carbons (Fsp3) is 0.500. The highest BCUT2D eigenvalue weighted by Gasteiger charge is 2.36. The minimum Gasteiger partial charge on any atom is -0.481 e. The van der Waals surface area contributed by atoms with Crippen molar-refractivity contribution in [3.8, 4) is 0 Å². The maximum atomic E-state index is 13.6. The second-order valence-corrected chi connectivity index (χ2v) is 6.96.